The van der Waals surface area contributed by atoms with E-state index in [0.29, 0.717) is 10.8 Å². The summed E-state index contributed by atoms with van der Waals surface area (Å²) in [6.45, 7) is 0. The minimum atomic E-state index is 0.462. The Morgan fingerprint density at radius 3 is 3.18 bits per heavy atom. The lowest BCUT2D eigenvalue weighted by Gasteiger charge is -1.90. The minimum absolute atomic E-state index is 0.462. The molecule has 3 nitrogen and oxygen atoms in total. The Kier molecular flexibility index (Phi) is 1.26. The van der Waals surface area contributed by atoms with E-state index >= 15 is 0 Å². The highest BCUT2D eigenvalue weighted by molar-refractivity contribution is 6.30. The first kappa shape index (κ1) is 6.49. The fraction of sp³-hybridized carbons (Fsp3) is 0. The molecule has 0 amide bonds. The van der Waals surface area contributed by atoms with Gasteiger partial charge in [0.05, 0.1) is 17.4 Å². The topological polar surface area (TPSA) is 54.7 Å². The van der Waals surface area contributed by atoms with Crippen molar-refractivity contribution in [1.29, 1.82) is 0 Å². The zero-order chi connectivity index (χ0) is 7.84. The maximum atomic E-state index is 5.67. The van der Waals surface area contributed by atoms with Gasteiger partial charge in [0.1, 0.15) is 5.15 Å². The van der Waals surface area contributed by atoms with Gasteiger partial charge in [-0.3, -0.25) is 0 Å². The fourth-order valence-electron chi connectivity index (χ4n) is 1.02. The number of nitrogens with zero attached hydrogens (tertiary/aromatic N) is 1. The van der Waals surface area contributed by atoms with Crippen molar-refractivity contribution in [2.45, 2.75) is 0 Å². The molecule has 2 aromatic heterocycles. The summed E-state index contributed by atoms with van der Waals surface area (Å²) in [5, 5.41) is 1.38. The third-order valence-corrected chi connectivity index (χ3v) is 1.77. The minimum Gasteiger partial charge on any atom is -0.397 e. The second-order valence-electron chi connectivity index (χ2n) is 2.30. The van der Waals surface area contributed by atoms with E-state index < -0.39 is 0 Å². The molecule has 0 aromatic carbocycles. The second-order valence-corrected chi connectivity index (χ2v) is 2.68. The molecule has 0 unspecified atom stereocenters. The average molecular weight is 168 g/mol. The van der Waals surface area contributed by atoms with Gasteiger partial charge in [0, 0.05) is 11.6 Å². The van der Waals surface area contributed by atoms with Crippen LogP contribution in [0.3, 0.4) is 0 Å². The number of halogens is 1. The van der Waals surface area contributed by atoms with Crippen LogP contribution in [0.1, 0.15) is 0 Å². The van der Waals surface area contributed by atoms with Crippen molar-refractivity contribution in [1.82, 2.24) is 9.97 Å². The smallest absolute Gasteiger partial charge is 0.129 e. The highest BCUT2D eigenvalue weighted by Crippen LogP contribution is 2.21. The van der Waals surface area contributed by atoms with Crippen molar-refractivity contribution < 1.29 is 0 Å². The largest absolute Gasteiger partial charge is 0.397 e. The van der Waals surface area contributed by atoms with Crippen LogP contribution in [0.4, 0.5) is 5.69 Å². The normalized spacial score (nSPS) is 10.6. The predicted molar refractivity (Wildman–Crippen MR) is 45.5 cm³/mol. The summed E-state index contributed by atoms with van der Waals surface area (Å²) in [5.74, 6) is 0. The van der Waals surface area contributed by atoms with Gasteiger partial charge in [0.25, 0.3) is 0 Å². The van der Waals surface area contributed by atoms with Crippen LogP contribution in [0.15, 0.2) is 18.5 Å². The van der Waals surface area contributed by atoms with Crippen molar-refractivity contribution in [3.8, 4) is 0 Å². The van der Waals surface area contributed by atoms with Crippen LogP contribution in [0, 0.1) is 0 Å². The second kappa shape index (κ2) is 2.13. The molecule has 4 heteroatoms. The Labute approximate surface area is 68.2 Å². The molecule has 0 saturated heterocycles. The predicted octanol–water partition coefficient (Wildman–Crippen LogP) is 1.80. The first-order valence-electron chi connectivity index (χ1n) is 3.15. The lowest BCUT2D eigenvalue weighted by molar-refractivity contribution is 1.34. The first-order valence-corrected chi connectivity index (χ1v) is 3.53. The lowest BCUT2D eigenvalue weighted by Crippen LogP contribution is -1.80. The van der Waals surface area contributed by atoms with Gasteiger partial charge in [0.15, 0.2) is 0 Å². The quantitative estimate of drug-likeness (QED) is 0.588. The molecule has 0 atom stereocenters. The van der Waals surface area contributed by atoms with Crippen LogP contribution < -0.4 is 5.73 Å². The molecule has 2 heterocycles. The zero-order valence-corrected chi connectivity index (χ0v) is 6.39. The number of H-pyrrole nitrogens is 1. The summed E-state index contributed by atoms with van der Waals surface area (Å²) >= 11 is 5.67. The molecule has 0 aliphatic rings. The third-order valence-electron chi connectivity index (χ3n) is 1.56. The summed E-state index contributed by atoms with van der Waals surface area (Å²) in [4.78, 5) is 6.87. The molecule has 0 bridgehead atoms. The standard InChI is InChI=1S/C7H6ClN3/c8-7-1-4-5(9)2-10-6(4)3-11-7/h1-3,10H,9H2. The number of fused-ring (bicyclic) bond motifs is 1. The molecular formula is C7H6ClN3. The molecule has 0 aliphatic carbocycles. The number of aromatic amines is 1. The number of nitrogens with two attached hydrogens (primary N) is 1. The number of aromatic nitrogens is 2. The molecule has 0 saturated carbocycles. The Bertz CT molecular complexity index is 393. The lowest BCUT2D eigenvalue weighted by atomic mass is 10.3. The summed E-state index contributed by atoms with van der Waals surface area (Å²) in [5.41, 5.74) is 7.24. The first-order chi connectivity index (χ1) is 5.27. The monoisotopic (exact) mass is 167 g/mol. The Morgan fingerprint density at radius 1 is 1.55 bits per heavy atom. The van der Waals surface area contributed by atoms with Gasteiger partial charge < -0.3 is 10.7 Å². The summed E-state index contributed by atoms with van der Waals surface area (Å²) in [6.07, 6.45) is 3.39. The van der Waals surface area contributed by atoms with E-state index in [2.05, 4.69) is 9.97 Å². The van der Waals surface area contributed by atoms with Crippen molar-refractivity contribution in [3.63, 3.8) is 0 Å². The molecule has 3 N–H and O–H groups in total. The molecule has 2 aromatic rings. The number of hydrogen-bond acceptors (Lipinski definition) is 2. The molecule has 56 valence electrons. The maximum Gasteiger partial charge on any atom is 0.129 e. The van der Waals surface area contributed by atoms with E-state index in [-0.39, 0.29) is 0 Å². The van der Waals surface area contributed by atoms with Gasteiger partial charge in [-0.25, -0.2) is 4.98 Å². The van der Waals surface area contributed by atoms with Crippen LogP contribution in [-0.2, 0) is 0 Å². The highest BCUT2D eigenvalue weighted by Gasteiger charge is 1.99. The molecular weight excluding hydrogens is 162 g/mol. The molecule has 2 rings (SSSR count). The summed E-state index contributed by atoms with van der Waals surface area (Å²) in [7, 11) is 0. The van der Waals surface area contributed by atoms with E-state index in [4.69, 9.17) is 17.3 Å². The van der Waals surface area contributed by atoms with E-state index in [1.165, 1.54) is 0 Å². The molecule has 0 aliphatic heterocycles. The van der Waals surface area contributed by atoms with Crippen LogP contribution in [0.25, 0.3) is 10.9 Å². The number of pyridine rings is 1. The van der Waals surface area contributed by atoms with E-state index in [9.17, 15) is 0 Å². The number of nitrogen functional groups attached to an aromatic ring is 1. The Morgan fingerprint density at radius 2 is 2.36 bits per heavy atom. The Hall–Kier alpha value is -1.22. The molecule has 11 heavy (non-hydrogen) atoms. The average Bonchev–Trinajstić information content (AvgIpc) is 2.33. The van der Waals surface area contributed by atoms with Crippen LogP contribution in [0.2, 0.25) is 5.15 Å². The molecule has 0 radical (unpaired) electrons. The highest BCUT2D eigenvalue weighted by atomic mass is 35.5. The van der Waals surface area contributed by atoms with Crippen molar-refractivity contribution >= 4 is 28.2 Å². The van der Waals surface area contributed by atoms with Crippen molar-refractivity contribution in [3.05, 3.63) is 23.6 Å². The SMILES string of the molecule is Nc1c[nH]c2cnc(Cl)cc12. The van der Waals surface area contributed by atoms with Crippen LogP contribution in [0.5, 0.6) is 0 Å². The molecule has 0 fully saturated rings. The fourth-order valence-corrected chi connectivity index (χ4v) is 1.17. The van der Waals surface area contributed by atoms with Gasteiger partial charge in [0.2, 0.25) is 0 Å². The van der Waals surface area contributed by atoms with Gasteiger partial charge in [-0.15, -0.1) is 0 Å². The summed E-state index contributed by atoms with van der Waals surface area (Å²) < 4.78 is 0. The van der Waals surface area contributed by atoms with E-state index in [1.54, 1.807) is 18.5 Å². The van der Waals surface area contributed by atoms with Gasteiger partial charge in [-0.2, -0.15) is 0 Å². The van der Waals surface area contributed by atoms with Crippen molar-refractivity contribution in [2.24, 2.45) is 0 Å². The van der Waals surface area contributed by atoms with Crippen LogP contribution in [-0.4, -0.2) is 9.97 Å². The van der Waals surface area contributed by atoms with Gasteiger partial charge in [-0.05, 0) is 6.07 Å². The number of anilines is 1. The van der Waals surface area contributed by atoms with Crippen LogP contribution >= 0.6 is 11.6 Å². The van der Waals surface area contributed by atoms with Gasteiger partial charge >= 0.3 is 0 Å². The Balaban J connectivity index is 2.87. The number of rotatable bonds is 0. The molecule has 0 spiro atoms. The number of hydrogen-bond donors (Lipinski definition) is 2. The number of nitrogens with one attached hydrogen (secondary N) is 1. The zero-order valence-electron chi connectivity index (χ0n) is 5.63. The summed E-state index contributed by atoms with van der Waals surface area (Å²) in [6, 6.07) is 1.74. The van der Waals surface area contributed by atoms with E-state index in [1.807, 2.05) is 0 Å². The maximum absolute atomic E-state index is 5.67. The van der Waals surface area contributed by atoms with Crippen molar-refractivity contribution in [2.75, 3.05) is 5.73 Å². The van der Waals surface area contributed by atoms with Gasteiger partial charge in [-0.1, -0.05) is 11.6 Å². The van der Waals surface area contributed by atoms with E-state index in [0.717, 1.165) is 10.9 Å². The third kappa shape index (κ3) is 0.935.